The van der Waals surface area contributed by atoms with Gasteiger partial charge in [0, 0.05) is 88.7 Å². The van der Waals surface area contributed by atoms with Gasteiger partial charge in [0.05, 0.1) is 18.8 Å². The summed E-state index contributed by atoms with van der Waals surface area (Å²) in [5.74, 6) is 0.190. The monoisotopic (exact) mass is 668 g/mol. The predicted octanol–water partition coefficient (Wildman–Crippen LogP) is 5.09. The molecule has 0 unspecified atom stereocenters. The Morgan fingerprint density at radius 2 is 1.17 bits per heavy atom. The van der Waals surface area contributed by atoms with E-state index in [1.807, 2.05) is 38.1 Å². The standard InChI is InChI=1S/C19H28N2O4.C18H28N2O3/c1-2-25-19(24)6-4-3-5-9-20-10-12-21(13-11-20)17-8-7-16(15-22)18(23)14-17;1-2-23-18(22)9-4-3-5-10-19-11-13-20(14-12-19)16-7-6-8-17(21)15-16/h7-8,14-15,23H,2-6,9-13H2,1H3;6-8,15,21H,2-5,9-14H2,1H3. The first-order chi connectivity index (χ1) is 23.3. The number of hydrogen-bond donors (Lipinski definition) is 2. The number of rotatable bonds is 17. The number of aldehydes is 1. The molecule has 2 aromatic carbocycles. The maximum absolute atomic E-state index is 11.3. The van der Waals surface area contributed by atoms with Crippen LogP contribution in [0.3, 0.4) is 0 Å². The normalized spacial score (nSPS) is 15.4. The average Bonchev–Trinajstić information content (AvgIpc) is 3.09. The summed E-state index contributed by atoms with van der Waals surface area (Å²) in [6, 6.07) is 12.7. The van der Waals surface area contributed by atoms with Crippen molar-refractivity contribution in [2.45, 2.75) is 65.2 Å². The van der Waals surface area contributed by atoms with E-state index < -0.39 is 0 Å². The lowest BCUT2D eigenvalue weighted by Crippen LogP contribution is -2.46. The first-order valence-corrected chi connectivity index (χ1v) is 17.7. The average molecular weight is 669 g/mol. The third-order valence-corrected chi connectivity index (χ3v) is 8.77. The number of carbonyl (C=O) groups is 3. The fourth-order valence-corrected chi connectivity index (χ4v) is 6.01. The number of anilines is 2. The Bertz CT molecular complexity index is 1240. The van der Waals surface area contributed by atoms with Crippen LogP contribution in [-0.4, -0.2) is 117 Å². The summed E-state index contributed by atoms with van der Waals surface area (Å²) in [5.41, 5.74) is 2.38. The number of unbranched alkanes of at least 4 members (excludes halogenated alkanes) is 4. The van der Waals surface area contributed by atoms with Crippen molar-refractivity contribution in [3.63, 3.8) is 0 Å². The minimum Gasteiger partial charge on any atom is -0.508 e. The van der Waals surface area contributed by atoms with Gasteiger partial charge in [-0.15, -0.1) is 0 Å². The molecule has 2 aliphatic heterocycles. The van der Waals surface area contributed by atoms with Gasteiger partial charge in [0.15, 0.2) is 6.29 Å². The zero-order chi connectivity index (χ0) is 34.6. The zero-order valence-electron chi connectivity index (χ0n) is 29.0. The van der Waals surface area contributed by atoms with Crippen LogP contribution in [0.4, 0.5) is 11.4 Å². The molecule has 0 aliphatic carbocycles. The molecule has 2 aromatic rings. The minimum absolute atomic E-state index is 0.0385. The number of nitrogens with zero attached hydrogens (tertiary/aromatic N) is 4. The third kappa shape index (κ3) is 14.1. The molecule has 266 valence electrons. The minimum atomic E-state index is -0.0973. The van der Waals surface area contributed by atoms with Crippen LogP contribution in [0.2, 0.25) is 0 Å². The molecule has 0 bridgehead atoms. The molecule has 2 N–H and O–H groups in total. The summed E-state index contributed by atoms with van der Waals surface area (Å²) in [4.78, 5) is 42.7. The molecule has 11 nitrogen and oxygen atoms in total. The number of carbonyl (C=O) groups excluding carboxylic acids is 3. The van der Waals surface area contributed by atoms with Gasteiger partial charge in [0.25, 0.3) is 0 Å². The van der Waals surface area contributed by atoms with Gasteiger partial charge in [0.2, 0.25) is 0 Å². The Morgan fingerprint density at radius 1 is 0.667 bits per heavy atom. The molecule has 0 atom stereocenters. The number of phenols is 2. The van der Waals surface area contributed by atoms with E-state index in [1.54, 1.807) is 18.2 Å². The van der Waals surface area contributed by atoms with Crippen LogP contribution in [0.5, 0.6) is 11.5 Å². The van der Waals surface area contributed by atoms with Gasteiger partial charge in [0.1, 0.15) is 11.5 Å². The van der Waals surface area contributed by atoms with Gasteiger partial charge in [-0.25, -0.2) is 0 Å². The van der Waals surface area contributed by atoms with E-state index in [1.165, 1.54) is 0 Å². The van der Waals surface area contributed by atoms with Gasteiger partial charge in [-0.2, -0.15) is 0 Å². The molecular weight excluding hydrogens is 612 g/mol. The van der Waals surface area contributed by atoms with Gasteiger partial charge < -0.3 is 29.5 Å². The first kappa shape index (κ1) is 38.6. The van der Waals surface area contributed by atoms with E-state index in [2.05, 4.69) is 19.6 Å². The highest BCUT2D eigenvalue weighted by Gasteiger charge is 2.19. The summed E-state index contributed by atoms with van der Waals surface area (Å²) in [7, 11) is 0. The van der Waals surface area contributed by atoms with Crippen molar-refractivity contribution in [3.8, 4) is 11.5 Å². The van der Waals surface area contributed by atoms with Crippen molar-refractivity contribution >= 4 is 29.6 Å². The molecule has 0 saturated carbocycles. The van der Waals surface area contributed by atoms with Crippen molar-refractivity contribution in [2.24, 2.45) is 0 Å². The van der Waals surface area contributed by atoms with Crippen LogP contribution < -0.4 is 9.80 Å². The van der Waals surface area contributed by atoms with Crippen molar-refractivity contribution in [1.29, 1.82) is 0 Å². The number of piperazine rings is 2. The maximum Gasteiger partial charge on any atom is 0.305 e. The Kier molecular flexibility index (Phi) is 17.6. The number of aromatic hydroxyl groups is 2. The maximum atomic E-state index is 11.3. The van der Waals surface area contributed by atoms with E-state index in [0.717, 1.165) is 115 Å². The van der Waals surface area contributed by atoms with Crippen molar-refractivity contribution in [3.05, 3.63) is 48.0 Å². The molecular formula is C37H56N4O7. The van der Waals surface area contributed by atoms with Crippen molar-refractivity contribution in [2.75, 3.05) is 88.5 Å². The molecule has 0 radical (unpaired) electrons. The molecule has 4 rings (SSSR count). The fraction of sp³-hybridized carbons (Fsp3) is 0.595. The highest BCUT2D eigenvalue weighted by atomic mass is 16.5. The lowest BCUT2D eigenvalue weighted by Gasteiger charge is -2.36. The van der Waals surface area contributed by atoms with Gasteiger partial charge >= 0.3 is 11.9 Å². The van der Waals surface area contributed by atoms with Crippen LogP contribution >= 0.6 is 0 Å². The van der Waals surface area contributed by atoms with Crippen LogP contribution in [-0.2, 0) is 19.1 Å². The molecule has 48 heavy (non-hydrogen) atoms. The Labute approximate surface area is 286 Å². The second-order valence-corrected chi connectivity index (χ2v) is 12.3. The number of ether oxygens (including phenoxy) is 2. The quantitative estimate of drug-likeness (QED) is 0.133. The summed E-state index contributed by atoms with van der Waals surface area (Å²) in [6.07, 6.45) is 7.87. The van der Waals surface area contributed by atoms with Gasteiger partial charge in [-0.05, 0) is 76.9 Å². The van der Waals surface area contributed by atoms with E-state index in [4.69, 9.17) is 9.47 Å². The van der Waals surface area contributed by atoms with Gasteiger partial charge in [-0.1, -0.05) is 18.9 Å². The Morgan fingerprint density at radius 3 is 1.60 bits per heavy atom. The smallest absolute Gasteiger partial charge is 0.305 e. The molecule has 0 amide bonds. The molecule has 0 aromatic heterocycles. The van der Waals surface area contributed by atoms with E-state index in [0.29, 0.717) is 43.7 Å². The topological polar surface area (TPSA) is 123 Å². The van der Waals surface area contributed by atoms with E-state index >= 15 is 0 Å². The zero-order valence-corrected chi connectivity index (χ0v) is 29.0. The molecule has 0 spiro atoms. The predicted molar refractivity (Wildman–Crippen MR) is 189 cm³/mol. The van der Waals surface area contributed by atoms with Crippen LogP contribution in [0.15, 0.2) is 42.5 Å². The van der Waals surface area contributed by atoms with Crippen LogP contribution in [0, 0.1) is 0 Å². The lowest BCUT2D eigenvalue weighted by molar-refractivity contribution is -0.144. The molecule has 11 heteroatoms. The number of benzene rings is 2. The lowest BCUT2D eigenvalue weighted by atomic mass is 10.1. The summed E-state index contributed by atoms with van der Waals surface area (Å²) in [5, 5.41) is 19.4. The van der Waals surface area contributed by atoms with Gasteiger partial charge in [-0.3, -0.25) is 24.2 Å². The summed E-state index contributed by atoms with van der Waals surface area (Å²) >= 11 is 0. The van der Waals surface area contributed by atoms with E-state index in [-0.39, 0.29) is 17.7 Å². The van der Waals surface area contributed by atoms with Crippen molar-refractivity contribution in [1.82, 2.24) is 9.80 Å². The summed E-state index contributed by atoms with van der Waals surface area (Å²) in [6.45, 7) is 14.6. The second kappa shape index (κ2) is 21.9. The largest absolute Gasteiger partial charge is 0.508 e. The summed E-state index contributed by atoms with van der Waals surface area (Å²) < 4.78 is 9.85. The van der Waals surface area contributed by atoms with Crippen LogP contribution in [0.1, 0.15) is 75.6 Å². The van der Waals surface area contributed by atoms with E-state index in [9.17, 15) is 24.6 Å². The number of phenolic OH excluding ortho intramolecular Hbond substituents is 2. The van der Waals surface area contributed by atoms with Crippen LogP contribution in [0.25, 0.3) is 0 Å². The highest BCUT2D eigenvalue weighted by molar-refractivity contribution is 5.80. The Balaban J connectivity index is 0.000000261. The Hall–Kier alpha value is -3.83. The molecule has 2 saturated heterocycles. The molecule has 2 fully saturated rings. The first-order valence-electron chi connectivity index (χ1n) is 17.7. The van der Waals surface area contributed by atoms with Crippen molar-refractivity contribution < 1.29 is 34.1 Å². The molecule has 2 aliphatic rings. The fourth-order valence-electron chi connectivity index (χ4n) is 6.01. The number of hydrogen-bond acceptors (Lipinski definition) is 11. The number of esters is 2. The highest BCUT2D eigenvalue weighted by Crippen LogP contribution is 2.25. The second-order valence-electron chi connectivity index (χ2n) is 12.3. The SMILES string of the molecule is CCOC(=O)CCCCCN1CCN(c2ccc(C=O)c(O)c2)CC1.CCOC(=O)CCCCCN1CCN(c2cccc(O)c2)CC1. The molecule has 2 heterocycles. The third-order valence-electron chi connectivity index (χ3n) is 8.77.